The average molecular weight is 486 g/mol. The zero-order chi connectivity index (χ0) is 22.0. The number of ether oxygens (including phenoxy) is 2. The Morgan fingerprint density at radius 2 is 1.94 bits per heavy atom. The molecule has 1 unspecified atom stereocenters. The number of halogens is 1. The lowest BCUT2D eigenvalue weighted by Crippen LogP contribution is -2.33. The third kappa shape index (κ3) is 4.74. The van der Waals surface area contributed by atoms with Crippen molar-refractivity contribution >= 4 is 32.7 Å². The lowest BCUT2D eigenvalue weighted by atomic mass is 9.95. The minimum atomic E-state index is -0.175. The maximum Gasteiger partial charge on any atom is 0.261 e. The van der Waals surface area contributed by atoms with E-state index in [0.29, 0.717) is 29.9 Å². The van der Waals surface area contributed by atoms with Crippen LogP contribution in [0.5, 0.6) is 11.5 Å². The number of carbonyl (C=O) groups is 1. The van der Waals surface area contributed by atoms with Crippen LogP contribution in [0.4, 0.5) is 0 Å². The smallest absolute Gasteiger partial charge is 0.261 e. The van der Waals surface area contributed by atoms with E-state index in [1.807, 2.05) is 24.3 Å². The third-order valence-corrected chi connectivity index (χ3v) is 5.77. The number of nitrogens with one attached hydrogen (secondary N) is 1. The van der Waals surface area contributed by atoms with E-state index in [1.54, 1.807) is 12.1 Å². The number of amides is 1. The van der Waals surface area contributed by atoms with E-state index in [4.69, 9.17) is 9.47 Å². The molecule has 1 aliphatic rings. The van der Waals surface area contributed by atoms with Crippen molar-refractivity contribution in [3.8, 4) is 11.5 Å². The van der Waals surface area contributed by atoms with Crippen LogP contribution in [-0.2, 0) is 11.3 Å². The maximum atomic E-state index is 12.7. The highest BCUT2D eigenvalue weighted by Gasteiger charge is 2.21. The second kappa shape index (κ2) is 9.09. The van der Waals surface area contributed by atoms with E-state index < -0.39 is 0 Å². The van der Waals surface area contributed by atoms with Crippen molar-refractivity contribution in [1.82, 2.24) is 14.9 Å². The predicted molar refractivity (Wildman–Crippen MR) is 121 cm³/mol. The highest BCUT2D eigenvalue weighted by atomic mass is 79.9. The van der Waals surface area contributed by atoms with E-state index in [9.17, 15) is 9.59 Å². The van der Waals surface area contributed by atoms with E-state index in [1.165, 1.54) is 10.9 Å². The molecule has 162 valence electrons. The molecule has 1 atom stereocenters. The van der Waals surface area contributed by atoms with Crippen LogP contribution in [0.25, 0.3) is 10.9 Å². The van der Waals surface area contributed by atoms with Crippen LogP contribution >= 0.6 is 15.9 Å². The van der Waals surface area contributed by atoms with Gasteiger partial charge in [0.1, 0.15) is 13.2 Å². The molecule has 1 aliphatic heterocycles. The molecule has 2 heterocycles. The van der Waals surface area contributed by atoms with Gasteiger partial charge in [-0.05, 0) is 41.8 Å². The number of benzene rings is 2. The van der Waals surface area contributed by atoms with Crippen molar-refractivity contribution in [3.05, 3.63) is 63.1 Å². The summed E-state index contributed by atoms with van der Waals surface area (Å²) in [5, 5.41) is 3.62. The molecule has 0 radical (unpaired) electrons. The SMILES string of the molecule is CC(C)C(NC(=O)CCn1cnc2ccc(Br)cc2c1=O)c1ccc2c(c1)OCCO2. The van der Waals surface area contributed by atoms with E-state index in [2.05, 4.69) is 40.1 Å². The molecule has 0 spiro atoms. The number of aromatic nitrogens is 2. The number of hydrogen-bond donors (Lipinski definition) is 1. The molecule has 0 saturated heterocycles. The third-order valence-electron chi connectivity index (χ3n) is 5.27. The fraction of sp³-hybridized carbons (Fsp3) is 0.348. The van der Waals surface area contributed by atoms with Crippen LogP contribution in [-0.4, -0.2) is 28.7 Å². The molecule has 0 saturated carbocycles. The maximum absolute atomic E-state index is 12.7. The standard InChI is InChI=1S/C23H24BrN3O4/c1-14(2)22(15-3-6-19-20(11-15)31-10-9-30-19)26-21(28)7-8-27-13-25-18-5-4-16(24)12-17(18)23(27)29/h3-6,11-14,22H,7-10H2,1-2H3,(H,26,28). The fourth-order valence-corrected chi connectivity index (χ4v) is 4.01. The predicted octanol–water partition coefficient (Wildman–Crippen LogP) is 3.83. The summed E-state index contributed by atoms with van der Waals surface area (Å²) in [6.45, 7) is 5.41. The quantitative estimate of drug-likeness (QED) is 0.573. The molecule has 31 heavy (non-hydrogen) atoms. The molecule has 1 aromatic heterocycles. The summed E-state index contributed by atoms with van der Waals surface area (Å²) in [5.74, 6) is 1.46. The summed E-state index contributed by atoms with van der Waals surface area (Å²) in [5.41, 5.74) is 1.43. The normalized spacial score (nSPS) is 13.9. The molecule has 1 amide bonds. The second-order valence-corrected chi connectivity index (χ2v) is 8.76. The summed E-state index contributed by atoms with van der Waals surface area (Å²) in [7, 11) is 0. The van der Waals surface area contributed by atoms with Gasteiger partial charge in [-0.25, -0.2) is 4.98 Å². The molecule has 8 heteroatoms. The van der Waals surface area contributed by atoms with Crippen molar-refractivity contribution in [2.45, 2.75) is 32.9 Å². The minimum Gasteiger partial charge on any atom is -0.486 e. The van der Waals surface area contributed by atoms with Gasteiger partial charge in [-0.2, -0.15) is 0 Å². The van der Waals surface area contributed by atoms with Gasteiger partial charge in [-0.1, -0.05) is 35.8 Å². The fourth-order valence-electron chi connectivity index (χ4n) is 3.65. The average Bonchev–Trinajstić information content (AvgIpc) is 2.77. The van der Waals surface area contributed by atoms with Gasteiger partial charge in [0.25, 0.3) is 5.56 Å². The summed E-state index contributed by atoms with van der Waals surface area (Å²) in [6, 6.07) is 11.0. The molecule has 3 aromatic rings. The number of hydrogen-bond acceptors (Lipinski definition) is 5. The van der Waals surface area contributed by atoms with Gasteiger partial charge >= 0.3 is 0 Å². The highest BCUT2D eigenvalue weighted by molar-refractivity contribution is 9.10. The first-order valence-corrected chi connectivity index (χ1v) is 11.1. The van der Waals surface area contributed by atoms with Crippen LogP contribution in [0.15, 0.2) is 52.0 Å². The molecule has 7 nitrogen and oxygen atoms in total. The van der Waals surface area contributed by atoms with Crippen LogP contribution in [0, 0.1) is 5.92 Å². The monoisotopic (exact) mass is 485 g/mol. The van der Waals surface area contributed by atoms with Gasteiger partial charge in [-0.15, -0.1) is 0 Å². The Bertz CT molecular complexity index is 1180. The van der Waals surface area contributed by atoms with Gasteiger partial charge in [0.05, 0.1) is 23.3 Å². The zero-order valence-electron chi connectivity index (χ0n) is 17.4. The van der Waals surface area contributed by atoms with Crippen molar-refractivity contribution in [1.29, 1.82) is 0 Å². The first-order valence-electron chi connectivity index (χ1n) is 10.3. The van der Waals surface area contributed by atoms with Gasteiger partial charge in [0, 0.05) is 17.4 Å². The number of rotatable bonds is 6. The summed E-state index contributed by atoms with van der Waals surface area (Å²) in [4.78, 5) is 29.8. The number of aryl methyl sites for hydroxylation is 1. The minimum absolute atomic E-state index is 0.130. The van der Waals surface area contributed by atoms with Crippen LogP contribution in [0.1, 0.15) is 31.9 Å². The highest BCUT2D eigenvalue weighted by Crippen LogP contribution is 2.34. The van der Waals surface area contributed by atoms with Crippen molar-refractivity contribution in [2.24, 2.45) is 5.92 Å². The van der Waals surface area contributed by atoms with Crippen LogP contribution in [0.3, 0.4) is 0 Å². The molecule has 0 bridgehead atoms. The largest absolute Gasteiger partial charge is 0.486 e. The molecular weight excluding hydrogens is 462 g/mol. The Balaban J connectivity index is 1.46. The molecular formula is C23H24BrN3O4. The lowest BCUT2D eigenvalue weighted by molar-refractivity contribution is -0.122. The summed E-state index contributed by atoms with van der Waals surface area (Å²) < 4.78 is 13.5. The molecule has 4 rings (SSSR count). The summed E-state index contributed by atoms with van der Waals surface area (Å²) >= 11 is 3.38. The number of nitrogens with zero attached hydrogens (tertiary/aromatic N) is 2. The van der Waals surface area contributed by atoms with Crippen molar-refractivity contribution in [3.63, 3.8) is 0 Å². The Kier molecular flexibility index (Phi) is 6.27. The van der Waals surface area contributed by atoms with E-state index >= 15 is 0 Å². The van der Waals surface area contributed by atoms with Gasteiger partial charge in [-0.3, -0.25) is 14.2 Å². The Hall–Kier alpha value is -2.87. The van der Waals surface area contributed by atoms with Crippen molar-refractivity contribution < 1.29 is 14.3 Å². The molecule has 0 aliphatic carbocycles. The Morgan fingerprint density at radius 1 is 1.16 bits per heavy atom. The lowest BCUT2D eigenvalue weighted by Gasteiger charge is -2.25. The summed E-state index contributed by atoms with van der Waals surface area (Å²) in [6.07, 6.45) is 1.67. The Morgan fingerprint density at radius 3 is 2.71 bits per heavy atom. The topological polar surface area (TPSA) is 82.5 Å². The Labute approximate surface area is 188 Å². The van der Waals surface area contributed by atoms with E-state index in [-0.39, 0.29) is 36.4 Å². The first kappa shape index (κ1) is 21.4. The van der Waals surface area contributed by atoms with Crippen LogP contribution in [0.2, 0.25) is 0 Å². The number of fused-ring (bicyclic) bond motifs is 2. The molecule has 2 aromatic carbocycles. The van der Waals surface area contributed by atoms with Crippen molar-refractivity contribution in [2.75, 3.05) is 13.2 Å². The number of carbonyl (C=O) groups excluding carboxylic acids is 1. The zero-order valence-corrected chi connectivity index (χ0v) is 19.0. The van der Waals surface area contributed by atoms with Gasteiger partial charge in [0.2, 0.25) is 5.91 Å². The van der Waals surface area contributed by atoms with Gasteiger partial charge < -0.3 is 14.8 Å². The van der Waals surface area contributed by atoms with E-state index in [0.717, 1.165) is 15.8 Å². The second-order valence-electron chi connectivity index (χ2n) is 7.85. The van der Waals surface area contributed by atoms with Gasteiger partial charge in [0.15, 0.2) is 11.5 Å². The first-order chi connectivity index (χ1) is 14.9. The van der Waals surface area contributed by atoms with Crippen LogP contribution < -0.4 is 20.3 Å². The molecule has 0 fully saturated rings. The molecule has 1 N–H and O–H groups in total.